The Balaban J connectivity index is 1.87. The van der Waals surface area contributed by atoms with Crippen LogP contribution in [0.5, 0.6) is 5.75 Å². The molecule has 0 radical (unpaired) electrons. The number of imidazole rings is 1. The number of hydrogen-bond donors (Lipinski definition) is 4. The fourth-order valence-electron chi connectivity index (χ4n) is 1.97. The molecule has 0 unspecified atom stereocenters. The number of benzene rings is 1. The highest BCUT2D eigenvalue weighted by atomic mass is 16.4. The maximum absolute atomic E-state index is 11.2. The Morgan fingerprint density at radius 3 is 2.85 bits per heavy atom. The highest BCUT2D eigenvalue weighted by Crippen LogP contribution is 2.15. The van der Waals surface area contributed by atoms with Crippen LogP contribution < -0.4 is 5.32 Å². The molecule has 6 nitrogen and oxygen atoms in total. The normalized spacial score (nSPS) is 12.2. The number of nitrogens with one attached hydrogen (secondary N) is 2. The van der Waals surface area contributed by atoms with Crippen molar-refractivity contribution in [3.63, 3.8) is 0 Å². The van der Waals surface area contributed by atoms with Crippen molar-refractivity contribution in [3.05, 3.63) is 48.0 Å². The monoisotopic (exact) mass is 275 g/mol. The third-order valence-corrected chi connectivity index (χ3v) is 3.05. The van der Waals surface area contributed by atoms with Gasteiger partial charge in [-0.05, 0) is 18.1 Å². The van der Waals surface area contributed by atoms with Crippen molar-refractivity contribution >= 4 is 5.97 Å². The molecule has 4 N–H and O–H groups in total. The van der Waals surface area contributed by atoms with E-state index >= 15 is 0 Å². The molecule has 0 aliphatic rings. The molecule has 0 saturated heterocycles. The third-order valence-electron chi connectivity index (χ3n) is 3.05. The van der Waals surface area contributed by atoms with E-state index < -0.39 is 12.0 Å². The van der Waals surface area contributed by atoms with E-state index in [1.165, 1.54) is 6.33 Å². The van der Waals surface area contributed by atoms with Gasteiger partial charge in [0.2, 0.25) is 0 Å². The molecular weight excluding hydrogens is 258 g/mol. The number of rotatable bonds is 7. The van der Waals surface area contributed by atoms with Crippen LogP contribution in [-0.2, 0) is 17.6 Å². The molecule has 0 amide bonds. The zero-order chi connectivity index (χ0) is 14.4. The van der Waals surface area contributed by atoms with Crippen molar-refractivity contribution in [2.75, 3.05) is 6.54 Å². The lowest BCUT2D eigenvalue weighted by atomic mass is 10.1. The van der Waals surface area contributed by atoms with Gasteiger partial charge in [-0.15, -0.1) is 0 Å². The summed E-state index contributed by atoms with van der Waals surface area (Å²) in [6, 6.07) is 6.36. The molecule has 0 bridgehead atoms. The van der Waals surface area contributed by atoms with Crippen LogP contribution in [0, 0.1) is 0 Å². The molecule has 0 aliphatic carbocycles. The second-order valence-electron chi connectivity index (χ2n) is 4.50. The molecule has 0 saturated carbocycles. The number of hydrogen-bond acceptors (Lipinski definition) is 4. The number of para-hydroxylation sites is 1. The van der Waals surface area contributed by atoms with Gasteiger partial charge in [-0.3, -0.25) is 4.79 Å². The van der Waals surface area contributed by atoms with Crippen LogP contribution in [0.2, 0.25) is 0 Å². The smallest absolute Gasteiger partial charge is 0.321 e. The first-order valence-electron chi connectivity index (χ1n) is 6.37. The number of H-pyrrole nitrogens is 1. The Hall–Kier alpha value is -2.34. The first-order valence-corrected chi connectivity index (χ1v) is 6.37. The van der Waals surface area contributed by atoms with Gasteiger partial charge in [-0.1, -0.05) is 18.2 Å². The lowest BCUT2D eigenvalue weighted by Crippen LogP contribution is -2.39. The molecule has 2 aromatic rings. The molecule has 2 rings (SSSR count). The summed E-state index contributed by atoms with van der Waals surface area (Å²) in [5.74, 6) is -0.674. The number of nitrogens with zero attached hydrogens (tertiary/aromatic N) is 1. The minimum Gasteiger partial charge on any atom is -0.508 e. The zero-order valence-corrected chi connectivity index (χ0v) is 10.9. The quantitative estimate of drug-likeness (QED) is 0.603. The van der Waals surface area contributed by atoms with Crippen molar-refractivity contribution in [2.24, 2.45) is 0 Å². The number of carboxylic acids is 1. The summed E-state index contributed by atoms with van der Waals surface area (Å²) in [4.78, 5) is 17.9. The first-order chi connectivity index (χ1) is 9.66. The molecule has 0 fully saturated rings. The Morgan fingerprint density at radius 2 is 2.20 bits per heavy atom. The first kappa shape index (κ1) is 14.1. The van der Waals surface area contributed by atoms with Crippen LogP contribution in [-0.4, -0.2) is 38.7 Å². The fraction of sp³-hybridized carbons (Fsp3) is 0.286. The Kier molecular flexibility index (Phi) is 4.73. The van der Waals surface area contributed by atoms with E-state index in [-0.39, 0.29) is 5.75 Å². The van der Waals surface area contributed by atoms with Crippen LogP contribution >= 0.6 is 0 Å². The standard InChI is InChI=1S/C14H17N3O3/c18-13-4-2-1-3-10(13)5-6-16-12(14(19)20)7-11-8-15-9-17-11/h1-4,8-9,12,16,18H,5-7H2,(H,15,17)(H,19,20)/t12-/m0/s1. The van der Waals surface area contributed by atoms with E-state index in [1.807, 2.05) is 12.1 Å². The topological polar surface area (TPSA) is 98.2 Å². The number of aliphatic carboxylic acids is 1. The maximum atomic E-state index is 11.2. The van der Waals surface area contributed by atoms with Crippen LogP contribution in [0.25, 0.3) is 0 Å². The largest absolute Gasteiger partial charge is 0.508 e. The van der Waals surface area contributed by atoms with Crippen LogP contribution in [0.4, 0.5) is 0 Å². The molecular formula is C14H17N3O3. The predicted octanol–water partition coefficient (Wildman–Crippen LogP) is 0.943. The Labute approximate surface area is 116 Å². The van der Waals surface area contributed by atoms with E-state index in [4.69, 9.17) is 0 Å². The maximum Gasteiger partial charge on any atom is 0.321 e. The van der Waals surface area contributed by atoms with Crippen molar-refractivity contribution in [3.8, 4) is 5.75 Å². The molecule has 106 valence electrons. The predicted molar refractivity (Wildman–Crippen MR) is 73.5 cm³/mol. The van der Waals surface area contributed by atoms with Crippen LogP contribution in [0.1, 0.15) is 11.3 Å². The van der Waals surface area contributed by atoms with Crippen LogP contribution in [0.15, 0.2) is 36.8 Å². The summed E-state index contributed by atoms with van der Waals surface area (Å²) < 4.78 is 0. The van der Waals surface area contributed by atoms with Gasteiger partial charge in [-0.25, -0.2) is 4.98 Å². The van der Waals surface area contributed by atoms with E-state index in [1.54, 1.807) is 18.3 Å². The lowest BCUT2D eigenvalue weighted by Gasteiger charge is -2.13. The van der Waals surface area contributed by atoms with E-state index in [2.05, 4.69) is 15.3 Å². The summed E-state index contributed by atoms with van der Waals surface area (Å²) in [6.45, 7) is 0.475. The summed E-state index contributed by atoms with van der Waals surface area (Å²) in [5, 5.41) is 21.8. The van der Waals surface area contributed by atoms with Crippen molar-refractivity contribution < 1.29 is 15.0 Å². The summed E-state index contributed by atoms with van der Waals surface area (Å²) in [5.41, 5.74) is 1.57. The van der Waals surface area contributed by atoms with E-state index in [0.717, 1.165) is 11.3 Å². The number of aromatic nitrogens is 2. The SMILES string of the molecule is O=C(O)[C@H](Cc1cnc[nH]1)NCCc1ccccc1O. The van der Waals surface area contributed by atoms with Crippen molar-refractivity contribution in [1.82, 2.24) is 15.3 Å². The van der Waals surface area contributed by atoms with Gasteiger partial charge in [0.25, 0.3) is 0 Å². The average Bonchev–Trinajstić information content (AvgIpc) is 2.92. The molecule has 1 heterocycles. The molecule has 1 atom stereocenters. The highest BCUT2D eigenvalue weighted by Gasteiger charge is 2.17. The van der Waals surface area contributed by atoms with Crippen LogP contribution in [0.3, 0.4) is 0 Å². The molecule has 6 heteroatoms. The third kappa shape index (κ3) is 3.83. The minimum absolute atomic E-state index is 0.231. The fourth-order valence-corrected chi connectivity index (χ4v) is 1.97. The Bertz CT molecular complexity index is 555. The molecule has 0 aliphatic heterocycles. The lowest BCUT2D eigenvalue weighted by molar-refractivity contribution is -0.139. The van der Waals surface area contributed by atoms with Gasteiger partial charge < -0.3 is 20.5 Å². The second kappa shape index (κ2) is 6.72. The number of phenolic OH excluding ortho intramolecular Hbond substituents is 1. The number of carbonyl (C=O) groups is 1. The second-order valence-corrected chi connectivity index (χ2v) is 4.50. The average molecular weight is 275 g/mol. The number of phenols is 1. The highest BCUT2D eigenvalue weighted by molar-refractivity contribution is 5.73. The van der Waals surface area contributed by atoms with E-state index in [9.17, 15) is 15.0 Å². The number of aromatic hydroxyl groups is 1. The summed E-state index contributed by atoms with van der Waals surface area (Å²) in [6.07, 6.45) is 4.05. The minimum atomic E-state index is -0.906. The van der Waals surface area contributed by atoms with Gasteiger partial charge in [0, 0.05) is 24.9 Å². The molecule has 20 heavy (non-hydrogen) atoms. The van der Waals surface area contributed by atoms with Gasteiger partial charge in [0.15, 0.2) is 0 Å². The number of carboxylic acid groups (broad SMARTS) is 1. The Morgan fingerprint density at radius 1 is 1.40 bits per heavy atom. The van der Waals surface area contributed by atoms with Crippen molar-refractivity contribution in [1.29, 1.82) is 0 Å². The molecule has 1 aromatic heterocycles. The van der Waals surface area contributed by atoms with Gasteiger partial charge in [-0.2, -0.15) is 0 Å². The van der Waals surface area contributed by atoms with E-state index in [0.29, 0.717) is 19.4 Å². The zero-order valence-electron chi connectivity index (χ0n) is 10.9. The molecule has 1 aromatic carbocycles. The number of aromatic amines is 1. The summed E-state index contributed by atoms with van der Waals surface area (Å²) >= 11 is 0. The van der Waals surface area contributed by atoms with Crippen molar-refractivity contribution in [2.45, 2.75) is 18.9 Å². The van der Waals surface area contributed by atoms with Gasteiger partial charge in [0.05, 0.1) is 6.33 Å². The van der Waals surface area contributed by atoms with Gasteiger partial charge in [0.1, 0.15) is 11.8 Å². The van der Waals surface area contributed by atoms with Gasteiger partial charge >= 0.3 is 5.97 Å². The molecule has 0 spiro atoms. The summed E-state index contributed by atoms with van der Waals surface area (Å²) in [7, 11) is 0.